The molecular formula is C14H18N4O5. The van der Waals surface area contributed by atoms with Crippen molar-refractivity contribution in [1.29, 1.82) is 0 Å². The van der Waals surface area contributed by atoms with Crippen LogP contribution in [-0.2, 0) is 9.59 Å². The number of benzene rings is 1. The van der Waals surface area contributed by atoms with Gasteiger partial charge in [0.05, 0.1) is 10.6 Å². The van der Waals surface area contributed by atoms with E-state index in [4.69, 9.17) is 10.5 Å². The first-order valence-electron chi connectivity index (χ1n) is 6.96. The van der Waals surface area contributed by atoms with Crippen molar-refractivity contribution >= 4 is 23.2 Å². The standard InChI is InChI=1S/C14H18N4O5/c1-14(2,8-15)16-12(19)6-17-10-5-9(18(21)22)3-4-11(10)23-7-13(17)20/h3-5H,6-8,15H2,1-2H3,(H,16,19). The minimum atomic E-state index is -0.613. The largest absolute Gasteiger partial charge is 0.482 e. The molecule has 3 N–H and O–H groups in total. The molecule has 1 heterocycles. The topological polar surface area (TPSA) is 128 Å². The lowest BCUT2D eigenvalue weighted by Crippen LogP contribution is -2.53. The van der Waals surface area contributed by atoms with Crippen molar-refractivity contribution in [3.05, 3.63) is 28.3 Å². The number of hydrogen-bond donors (Lipinski definition) is 2. The highest BCUT2D eigenvalue weighted by molar-refractivity contribution is 6.02. The summed E-state index contributed by atoms with van der Waals surface area (Å²) in [5.74, 6) is -0.534. The van der Waals surface area contributed by atoms with E-state index in [1.807, 2.05) is 0 Å². The third-order valence-electron chi connectivity index (χ3n) is 3.39. The Bertz CT molecular complexity index is 659. The molecule has 0 saturated carbocycles. The third kappa shape index (κ3) is 3.75. The number of carbonyl (C=O) groups is 2. The molecule has 0 unspecified atom stereocenters. The van der Waals surface area contributed by atoms with Crippen LogP contribution in [0, 0.1) is 10.1 Å². The van der Waals surface area contributed by atoms with Crippen LogP contribution >= 0.6 is 0 Å². The zero-order chi connectivity index (χ0) is 17.2. The fraction of sp³-hybridized carbons (Fsp3) is 0.429. The molecule has 0 aromatic heterocycles. The lowest BCUT2D eigenvalue weighted by atomic mass is 10.1. The number of fused-ring (bicyclic) bond motifs is 1. The molecule has 0 atom stereocenters. The number of nitrogens with one attached hydrogen (secondary N) is 1. The van der Waals surface area contributed by atoms with Gasteiger partial charge < -0.3 is 15.8 Å². The van der Waals surface area contributed by atoms with Gasteiger partial charge in [-0.25, -0.2) is 0 Å². The van der Waals surface area contributed by atoms with Gasteiger partial charge >= 0.3 is 0 Å². The Morgan fingerprint density at radius 3 is 2.83 bits per heavy atom. The van der Waals surface area contributed by atoms with Crippen LogP contribution in [-0.4, -0.2) is 42.0 Å². The van der Waals surface area contributed by atoms with Gasteiger partial charge in [-0.15, -0.1) is 0 Å². The number of rotatable bonds is 5. The molecule has 0 bridgehead atoms. The summed E-state index contributed by atoms with van der Waals surface area (Å²) in [7, 11) is 0. The van der Waals surface area contributed by atoms with Crippen molar-refractivity contribution in [3.63, 3.8) is 0 Å². The van der Waals surface area contributed by atoms with Crippen molar-refractivity contribution in [2.24, 2.45) is 5.73 Å². The molecule has 9 heteroatoms. The highest BCUT2D eigenvalue weighted by atomic mass is 16.6. The third-order valence-corrected chi connectivity index (χ3v) is 3.39. The number of nitrogens with two attached hydrogens (primary N) is 1. The number of nitrogens with zero attached hydrogens (tertiary/aromatic N) is 2. The van der Waals surface area contributed by atoms with E-state index in [9.17, 15) is 19.7 Å². The van der Waals surface area contributed by atoms with Crippen molar-refractivity contribution in [3.8, 4) is 5.75 Å². The Labute approximate surface area is 132 Å². The maximum absolute atomic E-state index is 12.1. The van der Waals surface area contributed by atoms with Gasteiger partial charge in [0.1, 0.15) is 12.3 Å². The van der Waals surface area contributed by atoms with Crippen molar-refractivity contribution < 1.29 is 19.2 Å². The fourth-order valence-corrected chi connectivity index (χ4v) is 2.09. The van der Waals surface area contributed by atoms with E-state index in [1.165, 1.54) is 23.1 Å². The normalized spacial score (nSPS) is 14.0. The average Bonchev–Trinajstić information content (AvgIpc) is 2.49. The minimum absolute atomic E-state index is 0.185. The molecule has 1 aliphatic heterocycles. The van der Waals surface area contributed by atoms with Crippen LogP contribution in [0.15, 0.2) is 18.2 Å². The fourth-order valence-electron chi connectivity index (χ4n) is 2.09. The number of ether oxygens (including phenoxy) is 1. The van der Waals surface area contributed by atoms with E-state index >= 15 is 0 Å². The second-order valence-corrected chi connectivity index (χ2v) is 5.81. The molecule has 0 radical (unpaired) electrons. The summed E-state index contributed by atoms with van der Waals surface area (Å²) in [6, 6.07) is 3.91. The predicted molar refractivity (Wildman–Crippen MR) is 82.2 cm³/mol. The van der Waals surface area contributed by atoms with Crippen LogP contribution < -0.4 is 20.7 Å². The van der Waals surface area contributed by atoms with Gasteiger partial charge in [-0.2, -0.15) is 0 Å². The molecule has 0 spiro atoms. The lowest BCUT2D eigenvalue weighted by Gasteiger charge is -2.30. The maximum Gasteiger partial charge on any atom is 0.271 e. The van der Waals surface area contributed by atoms with Crippen LogP contribution in [0.25, 0.3) is 0 Å². The summed E-state index contributed by atoms with van der Waals surface area (Å²) in [4.78, 5) is 35.7. The average molecular weight is 322 g/mol. The van der Waals surface area contributed by atoms with Gasteiger partial charge in [-0.1, -0.05) is 0 Å². The first-order chi connectivity index (χ1) is 10.7. The molecule has 1 aromatic rings. The number of nitro groups is 1. The highest BCUT2D eigenvalue weighted by Gasteiger charge is 2.30. The van der Waals surface area contributed by atoms with Crippen molar-refractivity contribution in [2.75, 3.05) is 24.6 Å². The maximum atomic E-state index is 12.1. The van der Waals surface area contributed by atoms with Crippen LogP contribution in [0.5, 0.6) is 5.75 Å². The van der Waals surface area contributed by atoms with Gasteiger partial charge in [0.2, 0.25) is 5.91 Å². The summed E-state index contributed by atoms with van der Waals surface area (Å²) >= 11 is 0. The summed E-state index contributed by atoms with van der Waals surface area (Å²) in [5, 5.41) is 13.6. The van der Waals surface area contributed by atoms with Crippen LogP contribution in [0.1, 0.15) is 13.8 Å². The molecule has 0 fully saturated rings. The molecule has 9 nitrogen and oxygen atoms in total. The molecule has 1 aromatic carbocycles. The molecular weight excluding hydrogens is 304 g/mol. The quantitative estimate of drug-likeness (QED) is 0.587. The number of hydrogen-bond acceptors (Lipinski definition) is 6. The van der Waals surface area contributed by atoms with Gasteiger partial charge in [-0.05, 0) is 19.9 Å². The van der Waals surface area contributed by atoms with E-state index in [0.29, 0.717) is 5.75 Å². The van der Waals surface area contributed by atoms with Gasteiger partial charge in [0.15, 0.2) is 6.61 Å². The van der Waals surface area contributed by atoms with Gasteiger partial charge in [-0.3, -0.25) is 24.6 Å². The Morgan fingerprint density at radius 2 is 2.22 bits per heavy atom. The van der Waals surface area contributed by atoms with E-state index in [2.05, 4.69) is 5.32 Å². The number of anilines is 1. The summed E-state index contributed by atoms with van der Waals surface area (Å²) in [5.41, 5.74) is 4.96. The van der Waals surface area contributed by atoms with Crippen LogP contribution in [0.3, 0.4) is 0 Å². The number of nitro benzene ring substituents is 1. The molecule has 2 amide bonds. The summed E-state index contributed by atoms with van der Waals surface area (Å²) in [6.07, 6.45) is 0. The SMILES string of the molecule is CC(C)(CN)NC(=O)CN1C(=O)COc2ccc([N+](=O)[O-])cc21. The van der Waals surface area contributed by atoms with Crippen molar-refractivity contribution in [2.45, 2.75) is 19.4 Å². The van der Waals surface area contributed by atoms with Crippen molar-refractivity contribution in [1.82, 2.24) is 5.32 Å². The monoisotopic (exact) mass is 322 g/mol. The Hall–Kier alpha value is -2.68. The Balaban J connectivity index is 2.26. The zero-order valence-corrected chi connectivity index (χ0v) is 12.9. The molecule has 124 valence electrons. The number of carbonyl (C=O) groups excluding carboxylic acids is 2. The molecule has 0 saturated heterocycles. The minimum Gasteiger partial charge on any atom is -0.482 e. The van der Waals surface area contributed by atoms with E-state index in [0.717, 1.165) is 0 Å². The van der Waals surface area contributed by atoms with Crippen LogP contribution in [0.4, 0.5) is 11.4 Å². The van der Waals surface area contributed by atoms with Gasteiger partial charge in [0, 0.05) is 24.2 Å². The summed E-state index contributed by atoms with van der Waals surface area (Å²) < 4.78 is 5.24. The van der Waals surface area contributed by atoms with E-state index in [1.54, 1.807) is 13.8 Å². The highest BCUT2D eigenvalue weighted by Crippen LogP contribution is 2.35. The second kappa shape index (κ2) is 6.21. The Kier molecular flexibility index (Phi) is 4.50. The smallest absolute Gasteiger partial charge is 0.271 e. The number of non-ortho nitro benzene ring substituents is 1. The molecule has 1 aliphatic rings. The first-order valence-corrected chi connectivity index (χ1v) is 6.96. The Morgan fingerprint density at radius 1 is 1.52 bits per heavy atom. The molecule has 0 aliphatic carbocycles. The zero-order valence-electron chi connectivity index (χ0n) is 12.9. The second-order valence-electron chi connectivity index (χ2n) is 5.81. The van der Waals surface area contributed by atoms with E-state index in [-0.39, 0.29) is 31.1 Å². The van der Waals surface area contributed by atoms with Crippen LogP contribution in [0.2, 0.25) is 0 Å². The lowest BCUT2D eigenvalue weighted by molar-refractivity contribution is -0.384. The first kappa shape index (κ1) is 16.7. The van der Waals surface area contributed by atoms with E-state index < -0.39 is 22.3 Å². The number of amides is 2. The molecule has 2 rings (SSSR count). The predicted octanol–water partition coefficient (Wildman–Crippen LogP) is 0.174. The van der Waals surface area contributed by atoms with Gasteiger partial charge in [0.25, 0.3) is 11.6 Å². The summed E-state index contributed by atoms with van der Waals surface area (Å²) in [6.45, 7) is 3.26. The molecule has 23 heavy (non-hydrogen) atoms.